The standard InChI is InChI=1S/C13H14FNO3/c14-10-2-1-7-15-11(10)12(16)8-3-5-9(6-4-8)13(17)18/h1-2,7-9H,3-6H2,(H,17,18). The van der Waals surface area contributed by atoms with Gasteiger partial charge in [0.25, 0.3) is 0 Å². The molecule has 0 atom stereocenters. The lowest BCUT2D eigenvalue weighted by Gasteiger charge is -2.24. The lowest BCUT2D eigenvalue weighted by Crippen LogP contribution is -2.26. The minimum Gasteiger partial charge on any atom is -0.481 e. The molecule has 5 heteroatoms. The predicted molar refractivity (Wildman–Crippen MR) is 61.6 cm³/mol. The smallest absolute Gasteiger partial charge is 0.306 e. The van der Waals surface area contributed by atoms with Crippen molar-refractivity contribution in [2.24, 2.45) is 11.8 Å². The third-order valence-electron chi connectivity index (χ3n) is 3.44. The van der Waals surface area contributed by atoms with E-state index in [4.69, 9.17) is 5.11 Å². The first kappa shape index (κ1) is 12.7. The van der Waals surface area contributed by atoms with Crippen molar-refractivity contribution in [1.82, 2.24) is 4.98 Å². The largest absolute Gasteiger partial charge is 0.481 e. The Bertz CT molecular complexity index is 467. The van der Waals surface area contributed by atoms with Gasteiger partial charge in [-0.2, -0.15) is 0 Å². The number of ketones is 1. The van der Waals surface area contributed by atoms with Crippen molar-refractivity contribution in [2.75, 3.05) is 0 Å². The SMILES string of the molecule is O=C(O)C1CCC(C(=O)c2ncccc2F)CC1. The Kier molecular flexibility index (Phi) is 3.69. The van der Waals surface area contributed by atoms with Crippen molar-refractivity contribution in [2.45, 2.75) is 25.7 Å². The number of hydrogen-bond donors (Lipinski definition) is 1. The number of carboxylic acids is 1. The number of carbonyl (C=O) groups excluding carboxylic acids is 1. The first-order chi connectivity index (χ1) is 8.59. The van der Waals surface area contributed by atoms with E-state index >= 15 is 0 Å². The van der Waals surface area contributed by atoms with Crippen LogP contribution >= 0.6 is 0 Å². The van der Waals surface area contributed by atoms with Crippen LogP contribution in [0.15, 0.2) is 18.3 Å². The fourth-order valence-corrected chi connectivity index (χ4v) is 2.36. The summed E-state index contributed by atoms with van der Waals surface area (Å²) in [5.74, 6) is -2.41. The zero-order valence-electron chi connectivity index (χ0n) is 9.80. The lowest BCUT2D eigenvalue weighted by molar-refractivity contribution is -0.143. The highest BCUT2D eigenvalue weighted by molar-refractivity contribution is 5.96. The molecule has 0 radical (unpaired) electrons. The second kappa shape index (κ2) is 5.25. The Balaban J connectivity index is 2.04. The number of pyridine rings is 1. The van der Waals surface area contributed by atoms with E-state index in [0.717, 1.165) is 0 Å². The van der Waals surface area contributed by atoms with E-state index in [1.165, 1.54) is 18.3 Å². The molecule has 0 bridgehead atoms. The van der Waals surface area contributed by atoms with Gasteiger partial charge in [0.15, 0.2) is 11.6 Å². The van der Waals surface area contributed by atoms with E-state index in [0.29, 0.717) is 25.7 Å². The summed E-state index contributed by atoms with van der Waals surface area (Å²) in [4.78, 5) is 26.6. The van der Waals surface area contributed by atoms with E-state index in [1.54, 1.807) is 0 Å². The van der Waals surface area contributed by atoms with Gasteiger partial charge >= 0.3 is 5.97 Å². The molecule has 2 rings (SSSR count). The quantitative estimate of drug-likeness (QED) is 0.837. The van der Waals surface area contributed by atoms with E-state index < -0.39 is 11.8 Å². The van der Waals surface area contributed by atoms with Gasteiger partial charge in [0.05, 0.1) is 5.92 Å². The van der Waals surface area contributed by atoms with Crippen LogP contribution in [0.2, 0.25) is 0 Å². The molecular formula is C13H14FNO3. The topological polar surface area (TPSA) is 67.3 Å². The molecule has 0 amide bonds. The van der Waals surface area contributed by atoms with Crippen LogP contribution in [0, 0.1) is 17.7 Å². The highest BCUT2D eigenvalue weighted by Gasteiger charge is 2.31. The molecule has 0 saturated heterocycles. The first-order valence-corrected chi connectivity index (χ1v) is 5.97. The summed E-state index contributed by atoms with van der Waals surface area (Å²) in [5, 5.41) is 8.87. The maximum atomic E-state index is 13.4. The van der Waals surface area contributed by atoms with Crippen LogP contribution in [0.1, 0.15) is 36.2 Å². The molecule has 96 valence electrons. The summed E-state index contributed by atoms with van der Waals surface area (Å²) in [6.07, 6.45) is 3.32. The molecule has 0 aliphatic heterocycles. The number of aliphatic carboxylic acids is 1. The van der Waals surface area contributed by atoms with Crippen molar-refractivity contribution in [3.05, 3.63) is 29.8 Å². The summed E-state index contributed by atoms with van der Waals surface area (Å²) in [5.41, 5.74) is -0.128. The van der Waals surface area contributed by atoms with Crippen molar-refractivity contribution >= 4 is 11.8 Å². The molecule has 1 N–H and O–H groups in total. The third-order valence-corrected chi connectivity index (χ3v) is 3.44. The molecule has 4 nitrogen and oxygen atoms in total. The van der Waals surface area contributed by atoms with Crippen molar-refractivity contribution in [1.29, 1.82) is 0 Å². The van der Waals surface area contributed by atoms with Gasteiger partial charge in [-0.05, 0) is 37.8 Å². The molecule has 1 saturated carbocycles. The molecule has 1 aromatic heterocycles. The Morgan fingerprint density at radius 3 is 2.39 bits per heavy atom. The third kappa shape index (κ3) is 2.55. The number of Topliss-reactive ketones (excluding diaryl/α,β-unsaturated/α-hetero) is 1. The number of hydrogen-bond acceptors (Lipinski definition) is 3. The molecule has 0 spiro atoms. The van der Waals surface area contributed by atoms with Crippen LogP contribution in [-0.2, 0) is 4.79 Å². The van der Waals surface area contributed by atoms with Crippen molar-refractivity contribution < 1.29 is 19.1 Å². The van der Waals surface area contributed by atoms with Crippen molar-refractivity contribution in [3.8, 4) is 0 Å². The average molecular weight is 251 g/mol. The first-order valence-electron chi connectivity index (χ1n) is 5.97. The van der Waals surface area contributed by atoms with Crippen LogP contribution in [-0.4, -0.2) is 21.8 Å². The Hall–Kier alpha value is -1.78. The summed E-state index contributed by atoms with van der Waals surface area (Å²) in [7, 11) is 0. The molecule has 1 aliphatic rings. The van der Waals surface area contributed by atoms with Gasteiger partial charge in [0, 0.05) is 12.1 Å². The number of aromatic nitrogens is 1. The molecule has 0 aromatic carbocycles. The highest BCUT2D eigenvalue weighted by atomic mass is 19.1. The summed E-state index contributed by atoms with van der Waals surface area (Å²) in [6.45, 7) is 0. The van der Waals surface area contributed by atoms with E-state index in [1.807, 2.05) is 0 Å². The molecule has 1 fully saturated rings. The lowest BCUT2D eigenvalue weighted by atomic mass is 9.79. The normalized spacial score (nSPS) is 23.6. The van der Waals surface area contributed by atoms with Gasteiger partial charge in [-0.1, -0.05) is 0 Å². The summed E-state index contributed by atoms with van der Waals surface area (Å²) < 4.78 is 13.4. The average Bonchev–Trinajstić information content (AvgIpc) is 2.38. The van der Waals surface area contributed by atoms with Crippen LogP contribution in [0.3, 0.4) is 0 Å². The number of carbonyl (C=O) groups is 2. The van der Waals surface area contributed by atoms with E-state index in [9.17, 15) is 14.0 Å². The van der Waals surface area contributed by atoms with Crippen LogP contribution in [0.5, 0.6) is 0 Å². The zero-order chi connectivity index (χ0) is 13.1. The van der Waals surface area contributed by atoms with Gasteiger partial charge in [0.1, 0.15) is 5.69 Å². The molecule has 0 unspecified atom stereocenters. The van der Waals surface area contributed by atoms with Crippen LogP contribution in [0.25, 0.3) is 0 Å². The minimum atomic E-state index is -0.815. The number of nitrogens with zero attached hydrogens (tertiary/aromatic N) is 1. The van der Waals surface area contributed by atoms with Gasteiger partial charge in [-0.3, -0.25) is 14.6 Å². The maximum absolute atomic E-state index is 13.4. The Morgan fingerprint density at radius 2 is 1.83 bits per heavy atom. The van der Waals surface area contributed by atoms with Gasteiger partial charge in [-0.15, -0.1) is 0 Å². The molecular weight excluding hydrogens is 237 g/mol. The van der Waals surface area contributed by atoms with Gasteiger partial charge < -0.3 is 5.11 Å². The van der Waals surface area contributed by atoms with Gasteiger partial charge in [0.2, 0.25) is 0 Å². The van der Waals surface area contributed by atoms with Crippen molar-refractivity contribution in [3.63, 3.8) is 0 Å². The Labute approximate surface area is 104 Å². The number of carboxylic acid groups (broad SMARTS) is 1. The summed E-state index contributed by atoms with van der Waals surface area (Å²) >= 11 is 0. The molecule has 1 aliphatic carbocycles. The minimum absolute atomic E-state index is 0.128. The second-order valence-electron chi connectivity index (χ2n) is 4.58. The van der Waals surface area contributed by atoms with E-state index in [2.05, 4.69) is 4.98 Å². The second-order valence-corrected chi connectivity index (χ2v) is 4.58. The number of rotatable bonds is 3. The molecule has 1 aromatic rings. The Morgan fingerprint density at radius 1 is 1.22 bits per heavy atom. The van der Waals surface area contributed by atoms with E-state index in [-0.39, 0.29) is 23.3 Å². The van der Waals surface area contributed by atoms with Crippen LogP contribution < -0.4 is 0 Å². The highest BCUT2D eigenvalue weighted by Crippen LogP contribution is 2.31. The fourth-order valence-electron chi connectivity index (χ4n) is 2.36. The van der Waals surface area contributed by atoms with Crippen LogP contribution in [0.4, 0.5) is 4.39 Å². The summed E-state index contributed by atoms with van der Waals surface area (Å²) in [6, 6.07) is 2.65. The fraction of sp³-hybridized carbons (Fsp3) is 0.462. The monoisotopic (exact) mass is 251 g/mol. The predicted octanol–water partition coefficient (Wildman–Crippen LogP) is 2.29. The molecule has 18 heavy (non-hydrogen) atoms. The molecule has 1 heterocycles. The maximum Gasteiger partial charge on any atom is 0.306 e. The van der Waals surface area contributed by atoms with Gasteiger partial charge in [-0.25, -0.2) is 4.39 Å². The number of halogens is 1. The zero-order valence-corrected chi connectivity index (χ0v) is 9.80.